The summed E-state index contributed by atoms with van der Waals surface area (Å²) in [6.07, 6.45) is 1.66. The minimum absolute atomic E-state index is 0.0397. The molecule has 0 aliphatic carbocycles. The van der Waals surface area contributed by atoms with Crippen molar-refractivity contribution in [2.75, 3.05) is 6.61 Å². The SMILES string of the molecule is CC(C)CCC(O)CCC(=O)CCOP(=O)(O)O. The molecule has 0 amide bonds. The molecule has 1 unspecified atom stereocenters. The van der Waals surface area contributed by atoms with E-state index in [1.165, 1.54) is 0 Å². The van der Waals surface area contributed by atoms with Gasteiger partial charge in [0.05, 0.1) is 12.7 Å². The van der Waals surface area contributed by atoms with Crippen molar-refractivity contribution in [2.45, 2.75) is 52.1 Å². The zero-order chi connectivity index (χ0) is 14.2. The predicted molar refractivity (Wildman–Crippen MR) is 66.9 cm³/mol. The molecule has 18 heavy (non-hydrogen) atoms. The van der Waals surface area contributed by atoms with E-state index in [9.17, 15) is 14.5 Å². The fraction of sp³-hybridized carbons (Fsp3) is 0.909. The monoisotopic (exact) mass is 282 g/mol. The number of ketones is 1. The molecule has 0 rings (SSSR count). The molecule has 0 aromatic rings. The first kappa shape index (κ1) is 17.7. The second kappa shape index (κ2) is 8.77. The molecule has 0 aromatic carbocycles. The minimum Gasteiger partial charge on any atom is -0.393 e. The van der Waals surface area contributed by atoms with Crippen molar-refractivity contribution < 1.29 is 28.8 Å². The summed E-state index contributed by atoms with van der Waals surface area (Å²) in [5, 5.41) is 9.59. The fourth-order valence-corrected chi connectivity index (χ4v) is 1.73. The Morgan fingerprint density at radius 2 is 1.78 bits per heavy atom. The van der Waals surface area contributed by atoms with E-state index < -0.39 is 13.9 Å². The van der Waals surface area contributed by atoms with Crippen molar-refractivity contribution in [1.82, 2.24) is 0 Å². The van der Waals surface area contributed by atoms with Gasteiger partial charge in [-0.3, -0.25) is 9.32 Å². The van der Waals surface area contributed by atoms with Gasteiger partial charge in [-0.25, -0.2) is 4.57 Å². The van der Waals surface area contributed by atoms with Crippen LogP contribution in [0.15, 0.2) is 0 Å². The van der Waals surface area contributed by atoms with E-state index in [2.05, 4.69) is 18.4 Å². The van der Waals surface area contributed by atoms with Gasteiger partial charge in [-0.1, -0.05) is 13.8 Å². The van der Waals surface area contributed by atoms with Crippen LogP contribution in [0.1, 0.15) is 46.0 Å². The van der Waals surface area contributed by atoms with Crippen molar-refractivity contribution in [3.05, 3.63) is 0 Å². The zero-order valence-corrected chi connectivity index (χ0v) is 11.8. The van der Waals surface area contributed by atoms with Crippen LogP contribution >= 0.6 is 7.82 Å². The maximum atomic E-state index is 11.3. The first-order valence-corrected chi connectivity index (χ1v) is 7.63. The number of carbonyl (C=O) groups is 1. The molecule has 0 bridgehead atoms. The molecule has 1 atom stereocenters. The van der Waals surface area contributed by atoms with Crippen molar-refractivity contribution in [1.29, 1.82) is 0 Å². The number of hydrogen-bond acceptors (Lipinski definition) is 4. The van der Waals surface area contributed by atoms with Gasteiger partial charge < -0.3 is 14.9 Å². The van der Waals surface area contributed by atoms with Crippen molar-refractivity contribution >= 4 is 13.6 Å². The Bertz CT molecular complexity index is 285. The van der Waals surface area contributed by atoms with Crippen LogP contribution in [0, 0.1) is 5.92 Å². The number of aliphatic hydroxyl groups excluding tert-OH is 1. The van der Waals surface area contributed by atoms with Crippen LogP contribution in [0.2, 0.25) is 0 Å². The van der Waals surface area contributed by atoms with Crippen LogP contribution < -0.4 is 0 Å². The van der Waals surface area contributed by atoms with E-state index in [0.717, 1.165) is 6.42 Å². The number of carbonyl (C=O) groups excluding carboxylic acids is 1. The Morgan fingerprint density at radius 1 is 1.17 bits per heavy atom. The van der Waals surface area contributed by atoms with Gasteiger partial charge in [0.1, 0.15) is 5.78 Å². The second-order valence-electron chi connectivity index (χ2n) is 4.78. The van der Waals surface area contributed by atoms with Crippen molar-refractivity contribution in [3.8, 4) is 0 Å². The van der Waals surface area contributed by atoms with Gasteiger partial charge in [0.15, 0.2) is 0 Å². The van der Waals surface area contributed by atoms with E-state index in [1.54, 1.807) is 0 Å². The van der Waals surface area contributed by atoms with E-state index in [0.29, 0.717) is 18.8 Å². The van der Waals surface area contributed by atoms with Gasteiger partial charge in [-0.2, -0.15) is 0 Å². The smallest absolute Gasteiger partial charge is 0.393 e. The molecule has 0 aromatic heterocycles. The van der Waals surface area contributed by atoms with E-state index in [4.69, 9.17) is 9.79 Å². The normalized spacial score (nSPS) is 13.9. The van der Waals surface area contributed by atoms with Gasteiger partial charge in [0, 0.05) is 12.8 Å². The summed E-state index contributed by atoms with van der Waals surface area (Å²) in [6.45, 7) is 3.85. The summed E-state index contributed by atoms with van der Waals surface area (Å²) in [6, 6.07) is 0. The Balaban J connectivity index is 3.61. The molecular weight excluding hydrogens is 259 g/mol. The highest BCUT2D eigenvalue weighted by molar-refractivity contribution is 7.46. The third kappa shape index (κ3) is 12.2. The highest BCUT2D eigenvalue weighted by Gasteiger charge is 2.15. The summed E-state index contributed by atoms with van der Waals surface area (Å²) < 4.78 is 14.5. The molecule has 6 nitrogen and oxygen atoms in total. The molecule has 0 fully saturated rings. The lowest BCUT2D eigenvalue weighted by Crippen LogP contribution is -2.11. The lowest BCUT2D eigenvalue weighted by molar-refractivity contribution is -0.120. The van der Waals surface area contributed by atoms with Crippen LogP contribution in [0.3, 0.4) is 0 Å². The van der Waals surface area contributed by atoms with Crippen LogP contribution in [-0.2, 0) is 13.9 Å². The molecular formula is C11H23O6P. The minimum atomic E-state index is -4.48. The second-order valence-corrected chi connectivity index (χ2v) is 6.02. The number of aliphatic hydroxyl groups is 1. The number of phosphoric acid groups is 1. The molecule has 0 radical (unpaired) electrons. The number of Topliss-reactive ketones (excluding diaryl/α,β-unsaturated/α-hetero) is 1. The summed E-state index contributed by atoms with van der Waals surface area (Å²) in [5.74, 6) is 0.360. The van der Waals surface area contributed by atoms with E-state index >= 15 is 0 Å². The molecule has 0 aliphatic heterocycles. The van der Waals surface area contributed by atoms with Crippen LogP contribution in [-0.4, -0.2) is 33.4 Å². The number of rotatable bonds is 10. The molecule has 0 saturated heterocycles. The summed E-state index contributed by atoms with van der Waals surface area (Å²) in [5.41, 5.74) is 0. The average Bonchev–Trinajstić information content (AvgIpc) is 2.21. The quantitative estimate of drug-likeness (QED) is 0.526. The molecule has 0 spiro atoms. The van der Waals surface area contributed by atoms with Gasteiger partial charge >= 0.3 is 7.82 Å². The zero-order valence-electron chi connectivity index (χ0n) is 10.9. The molecule has 108 valence electrons. The summed E-state index contributed by atoms with van der Waals surface area (Å²) in [4.78, 5) is 28.1. The summed E-state index contributed by atoms with van der Waals surface area (Å²) in [7, 11) is -4.48. The van der Waals surface area contributed by atoms with Gasteiger partial charge in [-0.05, 0) is 25.2 Å². The maximum Gasteiger partial charge on any atom is 0.469 e. The van der Waals surface area contributed by atoms with Crippen LogP contribution in [0.5, 0.6) is 0 Å². The van der Waals surface area contributed by atoms with Crippen LogP contribution in [0.4, 0.5) is 0 Å². The fourth-order valence-electron chi connectivity index (χ4n) is 1.40. The standard InChI is InChI=1S/C11H23O6P/c1-9(2)3-4-10(12)5-6-11(13)7-8-17-18(14,15)16/h9-10,12H,3-8H2,1-2H3,(H2,14,15,16). The molecule has 3 N–H and O–H groups in total. The number of hydrogen-bond donors (Lipinski definition) is 3. The van der Waals surface area contributed by atoms with E-state index in [1.807, 2.05) is 0 Å². The van der Waals surface area contributed by atoms with Crippen molar-refractivity contribution in [3.63, 3.8) is 0 Å². The molecule has 7 heteroatoms. The Hall–Kier alpha value is -0.260. The third-order valence-corrected chi connectivity index (χ3v) is 2.99. The first-order valence-electron chi connectivity index (χ1n) is 6.10. The molecule has 0 heterocycles. The summed E-state index contributed by atoms with van der Waals surface area (Å²) >= 11 is 0. The highest BCUT2D eigenvalue weighted by Crippen LogP contribution is 2.35. The molecule has 0 aliphatic rings. The number of phosphoric ester groups is 1. The Labute approximate surface area is 108 Å². The Morgan fingerprint density at radius 3 is 2.28 bits per heavy atom. The lowest BCUT2D eigenvalue weighted by Gasteiger charge is -2.11. The topological polar surface area (TPSA) is 104 Å². The van der Waals surface area contributed by atoms with Crippen molar-refractivity contribution in [2.24, 2.45) is 5.92 Å². The van der Waals surface area contributed by atoms with Gasteiger partial charge in [0.2, 0.25) is 0 Å². The largest absolute Gasteiger partial charge is 0.469 e. The Kier molecular flexibility index (Phi) is 8.65. The highest BCUT2D eigenvalue weighted by atomic mass is 31.2. The molecule has 0 saturated carbocycles. The maximum absolute atomic E-state index is 11.3. The van der Waals surface area contributed by atoms with Gasteiger partial charge in [0.25, 0.3) is 0 Å². The third-order valence-electron chi connectivity index (χ3n) is 2.47. The lowest BCUT2D eigenvalue weighted by atomic mass is 10.0. The average molecular weight is 282 g/mol. The van der Waals surface area contributed by atoms with Crippen LogP contribution in [0.25, 0.3) is 0 Å². The van der Waals surface area contributed by atoms with Gasteiger partial charge in [-0.15, -0.1) is 0 Å². The predicted octanol–water partition coefficient (Wildman–Crippen LogP) is 1.63. The first-order chi connectivity index (χ1) is 8.20. The van der Waals surface area contributed by atoms with E-state index in [-0.39, 0.29) is 25.2 Å².